The van der Waals surface area contributed by atoms with Crippen molar-refractivity contribution in [1.82, 2.24) is 9.88 Å². The molecule has 1 aromatic rings. The summed E-state index contributed by atoms with van der Waals surface area (Å²) in [5, 5.41) is 1.23. The van der Waals surface area contributed by atoms with Crippen LogP contribution in [0.2, 0.25) is 4.34 Å². The van der Waals surface area contributed by atoms with Crippen LogP contribution < -0.4 is 0 Å². The Bertz CT molecular complexity index is 292. The van der Waals surface area contributed by atoms with Gasteiger partial charge in [0.2, 0.25) is 0 Å². The first-order valence-corrected chi connectivity index (χ1v) is 6.32. The van der Waals surface area contributed by atoms with Crippen molar-refractivity contribution in [3.63, 3.8) is 0 Å². The van der Waals surface area contributed by atoms with E-state index in [4.69, 9.17) is 11.6 Å². The second kappa shape index (κ2) is 4.60. The Kier molecular flexibility index (Phi) is 3.42. The molecule has 0 unspecified atom stereocenters. The number of thiazole rings is 1. The first kappa shape index (κ1) is 10.4. The van der Waals surface area contributed by atoms with E-state index in [0.29, 0.717) is 5.92 Å². The highest BCUT2D eigenvalue weighted by atomic mass is 35.5. The van der Waals surface area contributed by atoms with E-state index in [9.17, 15) is 0 Å². The summed E-state index contributed by atoms with van der Waals surface area (Å²) >= 11 is 7.52. The summed E-state index contributed by atoms with van der Waals surface area (Å²) in [7, 11) is 0. The van der Waals surface area contributed by atoms with E-state index in [2.05, 4.69) is 16.8 Å². The molecule has 0 radical (unpaired) electrons. The van der Waals surface area contributed by atoms with Gasteiger partial charge in [-0.25, -0.2) is 4.98 Å². The van der Waals surface area contributed by atoms with Crippen molar-refractivity contribution in [2.24, 2.45) is 0 Å². The van der Waals surface area contributed by atoms with E-state index in [1.165, 1.54) is 37.5 Å². The number of piperidine rings is 1. The standard InChI is InChI=1S/C10H15ClN2S/c1-2-13-5-3-8(4-6-13)10-12-7-9(11)14-10/h7-8H,2-6H2,1H3. The van der Waals surface area contributed by atoms with Crippen LogP contribution in [0.5, 0.6) is 0 Å². The van der Waals surface area contributed by atoms with Gasteiger partial charge in [0.15, 0.2) is 0 Å². The highest BCUT2D eigenvalue weighted by molar-refractivity contribution is 7.15. The van der Waals surface area contributed by atoms with Crippen molar-refractivity contribution < 1.29 is 0 Å². The average molecular weight is 231 g/mol. The van der Waals surface area contributed by atoms with Crippen molar-refractivity contribution in [3.8, 4) is 0 Å². The Balaban J connectivity index is 1.95. The van der Waals surface area contributed by atoms with Crippen molar-refractivity contribution >= 4 is 22.9 Å². The molecule has 78 valence electrons. The second-order valence-electron chi connectivity index (χ2n) is 3.71. The molecule has 0 N–H and O–H groups in total. The predicted octanol–water partition coefficient (Wildman–Crippen LogP) is 3.00. The molecule has 1 fully saturated rings. The van der Waals surface area contributed by atoms with Crippen LogP contribution in [0.3, 0.4) is 0 Å². The molecular weight excluding hydrogens is 216 g/mol. The van der Waals surface area contributed by atoms with Crippen LogP contribution in [-0.4, -0.2) is 29.5 Å². The van der Waals surface area contributed by atoms with Gasteiger partial charge in [0, 0.05) is 5.92 Å². The maximum atomic E-state index is 5.88. The van der Waals surface area contributed by atoms with Crippen LogP contribution in [0.15, 0.2) is 6.20 Å². The Morgan fingerprint density at radius 3 is 2.79 bits per heavy atom. The van der Waals surface area contributed by atoms with Gasteiger partial charge in [-0.15, -0.1) is 11.3 Å². The summed E-state index contributed by atoms with van der Waals surface area (Å²) in [4.78, 5) is 6.85. The third-order valence-electron chi connectivity index (χ3n) is 2.88. The van der Waals surface area contributed by atoms with E-state index < -0.39 is 0 Å². The van der Waals surface area contributed by atoms with Gasteiger partial charge in [-0.05, 0) is 32.5 Å². The molecule has 0 spiro atoms. The van der Waals surface area contributed by atoms with Gasteiger partial charge in [0.05, 0.1) is 11.2 Å². The number of hydrogen-bond acceptors (Lipinski definition) is 3. The molecule has 0 bridgehead atoms. The summed E-state index contributed by atoms with van der Waals surface area (Å²) in [6.07, 6.45) is 4.24. The van der Waals surface area contributed by atoms with Crippen LogP contribution in [0.4, 0.5) is 0 Å². The number of rotatable bonds is 2. The molecule has 14 heavy (non-hydrogen) atoms. The number of aromatic nitrogens is 1. The fourth-order valence-electron chi connectivity index (χ4n) is 1.95. The van der Waals surface area contributed by atoms with Gasteiger partial charge in [0.1, 0.15) is 4.34 Å². The van der Waals surface area contributed by atoms with Crippen LogP contribution in [0.1, 0.15) is 30.7 Å². The molecule has 1 aliphatic rings. The van der Waals surface area contributed by atoms with Crippen molar-refractivity contribution in [2.75, 3.05) is 19.6 Å². The van der Waals surface area contributed by atoms with E-state index in [-0.39, 0.29) is 0 Å². The number of likely N-dealkylation sites (tertiary alicyclic amines) is 1. The number of nitrogens with zero attached hydrogens (tertiary/aromatic N) is 2. The molecule has 1 aliphatic heterocycles. The Hall–Kier alpha value is -0.120. The molecule has 2 rings (SSSR count). The lowest BCUT2D eigenvalue weighted by Gasteiger charge is -2.29. The fourth-order valence-corrected chi connectivity index (χ4v) is 3.05. The summed E-state index contributed by atoms with van der Waals surface area (Å²) in [5.74, 6) is 0.648. The molecule has 4 heteroatoms. The molecule has 0 atom stereocenters. The minimum atomic E-state index is 0.648. The van der Waals surface area contributed by atoms with Crippen molar-refractivity contribution in [1.29, 1.82) is 0 Å². The van der Waals surface area contributed by atoms with Crippen LogP contribution in [0.25, 0.3) is 0 Å². The van der Waals surface area contributed by atoms with Crippen LogP contribution in [-0.2, 0) is 0 Å². The van der Waals surface area contributed by atoms with Crippen molar-refractivity contribution in [2.45, 2.75) is 25.7 Å². The SMILES string of the molecule is CCN1CCC(c2ncc(Cl)s2)CC1. The van der Waals surface area contributed by atoms with Gasteiger partial charge in [-0.1, -0.05) is 18.5 Å². The minimum absolute atomic E-state index is 0.648. The number of hydrogen-bond donors (Lipinski definition) is 0. The van der Waals surface area contributed by atoms with E-state index >= 15 is 0 Å². The third kappa shape index (κ3) is 2.27. The summed E-state index contributed by atoms with van der Waals surface area (Å²) in [5.41, 5.74) is 0. The van der Waals surface area contributed by atoms with Gasteiger partial charge in [0.25, 0.3) is 0 Å². The highest BCUT2D eigenvalue weighted by Crippen LogP contribution is 2.32. The fraction of sp³-hybridized carbons (Fsp3) is 0.700. The molecule has 1 saturated heterocycles. The summed E-state index contributed by atoms with van der Waals surface area (Å²) in [6.45, 7) is 5.81. The van der Waals surface area contributed by atoms with E-state index in [1.54, 1.807) is 17.5 Å². The van der Waals surface area contributed by atoms with Gasteiger partial charge in [-0.2, -0.15) is 0 Å². The first-order chi connectivity index (χ1) is 6.79. The molecule has 2 heterocycles. The Labute approximate surface area is 93.9 Å². The lowest BCUT2D eigenvalue weighted by molar-refractivity contribution is 0.222. The maximum Gasteiger partial charge on any atom is 0.113 e. The van der Waals surface area contributed by atoms with Gasteiger partial charge in [-0.3, -0.25) is 0 Å². The largest absolute Gasteiger partial charge is 0.304 e. The monoisotopic (exact) mass is 230 g/mol. The molecule has 0 aromatic carbocycles. The lowest BCUT2D eigenvalue weighted by atomic mass is 9.98. The zero-order chi connectivity index (χ0) is 9.97. The zero-order valence-corrected chi connectivity index (χ0v) is 9.94. The summed E-state index contributed by atoms with van der Waals surface area (Å²) in [6, 6.07) is 0. The molecule has 2 nitrogen and oxygen atoms in total. The highest BCUT2D eigenvalue weighted by Gasteiger charge is 2.21. The normalized spacial score (nSPS) is 20.1. The van der Waals surface area contributed by atoms with Crippen molar-refractivity contribution in [3.05, 3.63) is 15.5 Å². The molecule has 0 saturated carbocycles. The summed E-state index contributed by atoms with van der Waals surface area (Å²) < 4.78 is 0.818. The Morgan fingerprint density at radius 1 is 1.57 bits per heavy atom. The predicted molar refractivity (Wildman–Crippen MR) is 61.2 cm³/mol. The zero-order valence-electron chi connectivity index (χ0n) is 8.37. The minimum Gasteiger partial charge on any atom is -0.304 e. The van der Waals surface area contributed by atoms with E-state index in [1.807, 2.05) is 0 Å². The van der Waals surface area contributed by atoms with Crippen LogP contribution in [0, 0.1) is 0 Å². The van der Waals surface area contributed by atoms with Gasteiger partial charge < -0.3 is 4.90 Å². The van der Waals surface area contributed by atoms with Gasteiger partial charge >= 0.3 is 0 Å². The second-order valence-corrected chi connectivity index (χ2v) is 5.40. The topological polar surface area (TPSA) is 16.1 Å². The third-order valence-corrected chi connectivity index (χ3v) is 4.16. The Morgan fingerprint density at radius 2 is 2.29 bits per heavy atom. The molecule has 1 aromatic heterocycles. The first-order valence-electron chi connectivity index (χ1n) is 5.13. The van der Waals surface area contributed by atoms with Crippen LogP contribution >= 0.6 is 22.9 Å². The number of halogens is 1. The molecule has 0 aliphatic carbocycles. The lowest BCUT2D eigenvalue weighted by Crippen LogP contribution is -2.32. The molecule has 0 amide bonds. The maximum absolute atomic E-state index is 5.88. The smallest absolute Gasteiger partial charge is 0.113 e. The van der Waals surface area contributed by atoms with E-state index in [0.717, 1.165) is 4.34 Å². The quantitative estimate of drug-likeness (QED) is 0.777. The molecular formula is C10H15ClN2S. The average Bonchev–Trinajstić information content (AvgIpc) is 2.65.